The Morgan fingerprint density at radius 1 is 1.26 bits per heavy atom. The van der Waals surface area contributed by atoms with Gasteiger partial charge in [-0.05, 0) is 54.0 Å². The summed E-state index contributed by atoms with van der Waals surface area (Å²) in [6.45, 7) is 4.36. The molecule has 0 amide bonds. The SMILES string of the molecule is CCCC[C@]12CCC(=O)C(CC)=C1c1ccc3n[nH]nc3c1C2. The third-order valence-electron chi connectivity index (χ3n) is 5.74. The molecule has 1 heterocycles. The van der Waals surface area contributed by atoms with Crippen molar-refractivity contribution < 1.29 is 4.79 Å². The molecule has 2 aliphatic carbocycles. The summed E-state index contributed by atoms with van der Waals surface area (Å²) < 4.78 is 0. The number of carbonyl (C=O) groups is 1. The zero-order chi connectivity index (χ0) is 16.0. The highest BCUT2D eigenvalue weighted by Gasteiger charge is 2.46. The van der Waals surface area contributed by atoms with Gasteiger partial charge in [0.25, 0.3) is 0 Å². The number of unbranched alkanes of at least 4 members (excludes halogenated alkanes) is 1. The summed E-state index contributed by atoms with van der Waals surface area (Å²) in [5.74, 6) is 0.350. The standard InChI is InChI=1S/C19H23N3O/c1-3-5-9-19-10-8-16(23)12(4-2)17(19)13-6-7-15-18(14(13)11-19)21-22-20-15/h6-7H,3-5,8-11H2,1-2H3,(H,20,21,22)/t19-/m1/s1. The molecule has 0 saturated carbocycles. The molecule has 2 aromatic rings. The van der Waals surface area contributed by atoms with Crippen LogP contribution in [0.15, 0.2) is 17.7 Å². The Hall–Kier alpha value is -1.97. The molecule has 120 valence electrons. The highest BCUT2D eigenvalue weighted by molar-refractivity contribution is 6.07. The monoisotopic (exact) mass is 309 g/mol. The summed E-state index contributed by atoms with van der Waals surface area (Å²) in [5.41, 5.74) is 7.01. The lowest BCUT2D eigenvalue weighted by Crippen LogP contribution is -2.28. The van der Waals surface area contributed by atoms with Gasteiger partial charge in [-0.2, -0.15) is 15.4 Å². The summed E-state index contributed by atoms with van der Waals surface area (Å²) in [7, 11) is 0. The van der Waals surface area contributed by atoms with Crippen LogP contribution in [-0.2, 0) is 11.2 Å². The van der Waals surface area contributed by atoms with Crippen molar-refractivity contribution in [3.8, 4) is 0 Å². The molecular weight excluding hydrogens is 286 g/mol. The molecule has 1 aromatic heterocycles. The Kier molecular flexibility index (Phi) is 3.36. The maximum absolute atomic E-state index is 12.5. The summed E-state index contributed by atoms with van der Waals surface area (Å²) in [5, 5.41) is 11.4. The zero-order valence-corrected chi connectivity index (χ0v) is 13.9. The number of carbonyl (C=O) groups excluding carboxylic acids is 1. The Morgan fingerprint density at radius 3 is 2.91 bits per heavy atom. The van der Waals surface area contributed by atoms with Crippen molar-refractivity contribution >= 4 is 22.4 Å². The van der Waals surface area contributed by atoms with Crippen LogP contribution in [0.3, 0.4) is 0 Å². The summed E-state index contributed by atoms with van der Waals surface area (Å²) in [6, 6.07) is 4.20. The largest absolute Gasteiger partial charge is 0.295 e. The van der Waals surface area contributed by atoms with E-state index >= 15 is 0 Å². The molecule has 0 fully saturated rings. The predicted octanol–water partition coefficient (Wildman–Crippen LogP) is 4.22. The van der Waals surface area contributed by atoms with Gasteiger partial charge in [-0.1, -0.05) is 32.8 Å². The van der Waals surface area contributed by atoms with E-state index in [-0.39, 0.29) is 5.41 Å². The number of Topliss-reactive ketones (excluding diaryl/α,β-unsaturated/α-hetero) is 1. The van der Waals surface area contributed by atoms with E-state index in [2.05, 4.69) is 35.3 Å². The number of aromatic nitrogens is 3. The van der Waals surface area contributed by atoms with Crippen LogP contribution < -0.4 is 0 Å². The van der Waals surface area contributed by atoms with Crippen molar-refractivity contribution in [2.75, 3.05) is 0 Å². The van der Waals surface area contributed by atoms with Gasteiger partial charge in [0.2, 0.25) is 0 Å². The molecule has 1 N–H and O–H groups in total. The number of nitrogens with zero attached hydrogens (tertiary/aromatic N) is 2. The molecule has 0 aliphatic heterocycles. The first-order valence-electron chi connectivity index (χ1n) is 8.79. The van der Waals surface area contributed by atoms with E-state index in [1.807, 2.05) is 6.07 Å². The third-order valence-corrected chi connectivity index (χ3v) is 5.74. The van der Waals surface area contributed by atoms with Crippen LogP contribution in [0.1, 0.15) is 63.5 Å². The number of fused-ring (bicyclic) bond motifs is 5. The van der Waals surface area contributed by atoms with Crippen LogP contribution in [0.25, 0.3) is 16.6 Å². The first-order chi connectivity index (χ1) is 11.2. The molecule has 1 aromatic carbocycles. The lowest BCUT2D eigenvalue weighted by atomic mass is 9.67. The normalized spacial score (nSPS) is 23.5. The van der Waals surface area contributed by atoms with Crippen LogP contribution in [0.4, 0.5) is 0 Å². The molecule has 2 aliphatic rings. The highest BCUT2D eigenvalue weighted by atomic mass is 16.1. The summed E-state index contributed by atoms with van der Waals surface area (Å²) in [4.78, 5) is 12.5. The van der Waals surface area contributed by atoms with Gasteiger partial charge < -0.3 is 0 Å². The lowest BCUT2D eigenvalue weighted by Gasteiger charge is -2.36. The summed E-state index contributed by atoms with van der Waals surface area (Å²) >= 11 is 0. The molecular formula is C19H23N3O. The number of hydrogen-bond donors (Lipinski definition) is 1. The lowest BCUT2D eigenvalue weighted by molar-refractivity contribution is -0.116. The smallest absolute Gasteiger partial charge is 0.159 e. The second-order valence-electron chi connectivity index (χ2n) is 6.97. The van der Waals surface area contributed by atoms with Crippen LogP contribution >= 0.6 is 0 Å². The van der Waals surface area contributed by atoms with Gasteiger partial charge in [-0.25, -0.2) is 0 Å². The van der Waals surface area contributed by atoms with Gasteiger partial charge in [-0.3, -0.25) is 4.79 Å². The number of ketones is 1. The van der Waals surface area contributed by atoms with Gasteiger partial charge in [-0.15, -0.1) is 0 Å². The van der Waals surface area contributed by atoms with Gasteiger partial charge in [0.1, 0.15) is 11.0 Å². The first kappa shape index (κ1) is 14.6. The average Bonchev–Trinajstić information content (AvgIpc) is 3.15. The Bertz CT molecular complexity index is 817. The van der Waals surface area contributed by atoms with Gasteiger partial charge in [0.15, 0.2) is 5.78 Å². The van der Waals surface area contributed by atoms with E-state index in [9.17, 15) is 4.79 Å². The number of benzene rings is 1. The topological polar surface area (TPSA) is 58.6 Å². The van der Waals surface area contributed by atoms with Gasteiger partial charge in [0, 0.05) is 11.8 Å². The Balaban J connectivity index is 1.97. The fraction of sp³-hybridized carbons (Fsp3) is 0.526. The van der Waals surface area contributed by atoms with Gasteiger partial charge >= 0.3 is 0 Å². The Morgan fingerprint density at radius 2 is 2.13 bits per heavy atom. The van der Waals surface area contributed by atoms with Crippen molar-refractivity contribution in [1.82, 2.24) is 15.4 Å². The second kappa shape index (κ2) is 5.29. The molecule has 4 nitrogen and oxygen atoms in total. The fourth-order valence-corrected chi connectivity index (χ4v) is 4.66. The minimum absolute atomic E-state index is 0.144. The maximum atomic E-state index is 12.5. The quantitative estimate of drug-likeness (QED) is 0.920. The van der Waals surface area contributed by atoms with Crippen molar-refractivity contribution in [2.24, 2.45) is 5.41 Å². The molecule has 0 saturated heterocycles. The fourth-order valence-electron chi connectivity index (χ4n) is 4.66. The van der Waals surface area contributed by atoms with Crippen LogP contribution in [0.5, 0.6) is 0 Å². The molecule has 4 rings (SSSR count). The second-order valence-corrected chi connectivity index (χ2v) is 6.97. The maximum Gasteiger partial charge on any atom is 0.159 e. The average molecular weight is 309 g/mol. The number of aromatic amines is 1. The van der Waals surface area contributed by atoms with Crippen molar-refractivity contribution in [2.45, 2.75) is 58.8 Å². The van der Waals surface area contributed by atoms with Crippen LogP contribution in [0.2, 0.25) is 0 Å². The van der Waals surface area contributed by atoms with Crippen LogP contribution in [0, 0.1) is 5.41 Å². The molecule has 23 heavy (non-hydrogen) atoms. The third kappa shape index (κ3) is 2.00. The van der Waals surface area contributed by atoms with E-state index in [1.165, 1.54) is 36.0 Å². The van der Waals surface area contributed by atoms with Crippen LogP contribution in [-0.4, -0.2) is 21.2 Å². The highest BCUT2D eigenvalue weighted by Crippen LogP contribution is 2.57. The number of nitrogens with one attached hydrogen (secondary N) is 1. The first-order valence-corrected chi connectivity index (χ1v) is 8.79. The minimum Gasteiger partial charge on any atom is -0.295 e. The van der Waals surface area contributed by atoms with E-state index in [0.717, 1.165) is 35.9 Å². The van der Waals surface area contributed by atoms with Crippen molar-refractivity contribution in [1.29, 1.82) is 0 Å². The molecule has 0 unspecified atom stereocenters. The number of H-pyrrole nitrogens is 1. The molecule has 4 heteroatoms. The van der Waals surface area contributed by atoms with Gasteiger partial charge in [0.05, 0.1) is 0 Å². The molecule has 0 spiro atoms. The molecule has 1 atom stereocenters. The van der Waals surface area contributed by atoms with Crippen molar-refractivity contribution in [3.63, 3.8) is 0 Å². The van der Waals surface area contributed by atoms with E-state index in [4.69, 9.17) is 0 Å². The predicted molar refractivity (Wildman–Crippen MR) is 91.0 cm³/mol. The zero-order valence-electron chi connectivity index (χ0n) is 13.9. The number of rotatable bonds is 4. The minimum atomic E-state index is 0.144. The Labute approximate surface area is 136 Å². The molecule has 0 bridgehead atoms. The van der Waals surface area contributed by atoms with Crippen molar-refractivity contribution in [3.05, 3.63) is 28.8 Å². The summed E-state index contributed by atoms with van der Waals surface area (Å²) in [6.07, 6.45) is 7.11. The van der Waals surface area contributed by atoms with E-state index in [1.54, 1.807) is 0 Å². The molecule has 0 radical (unpaired) electrons. The number of allylic oxidation sites excluding steroid dienone is 2. The van der Waals surface area contributed by atoms with E-state index < -0.39 is 0 Å². The van der Waals surface area contributed by atoms with E-state index in [0.29, 0.717) is 12.2 Å². The number of hydrogen-bond acceptors (Lipinski definition) is 3.